The molecule has 1 atom stereocenters. The molecular weight excluding hydrogens is 414 g/mol. The number of carbonyl (C=O) groups excluding carboxylic acids is 1. The second kappa shape index (κ2) is 8.90. The zero-order chi connectivity index (χ0) is 22.2. The van der Waals surface area contributed by atoms with E-state index in [4.69, 9.17) is 14.2 Å². The Kier molecular flexibility index (Phi) is 6.40. The molecule has 2 aliphatic carbocycles. The Balaban J connectivity index is 1.43. The lowest BCUT2D eigenvalue weighted by molar-refractivity contribution is 0.0137. The molecule has 2 aromatic rings. The molecule has 1 fully saturated rings. The van der Waals surface area contributed by atoms with E-state index in [0.29, 0.717) is 11.8 Å². The van der Waals surface area contributed by atoms with Gasteiger partial charge in [-0.15, -0.1) is 11.3 Å². The highest BCUT2D eigenvalue weighted by atomic mass is 32.1. The van der Waals surface area contributed by atoms with Crippen LogP contribution in [0.15, 0.2) is 6.33 Å². The van der Waals surface area contributed by atoms with Crippen LogP contribution in [0.3, 0.4) is 0 Å². The van der Waals surface area contributed by atoms with E-state index < -0.39 is 5.60 Å². The first-order chi connectivity index (χ1) is 14.8. The number of carbonyl (C=O) groups is 1. The van der Waals surface area contributed by atoms with Crippen LogP contribution in [0.4, 0.5) is 4.79 Å². The SMILES string of the molecule is COCC1CCc2sc3ncnc(O[C@H]4CC[C@H](N(C)C(=O)OC(C)(C)C)CC4)c3c21. The first kappa shape index (κ1) is 22.3. The molecule has 170 valence electrons. The second-order valence-corrected chi connectivity index (χ2v) is 10.7. The van der Waals surface area contributed by atoms with Crippen molar-refractivity contribution < 1.29 is 19.0 Å². The summed E-state index contributed by atoms with van der Waals surface area (Å²) >= 11 is 1.76. The Hall–Kier alpha value is -1.93. The number of ether oxygens (including phenoxy) is 3. The molecule has 31 heavy (non-hydrogen) atoms. The van der Waals surface area contributed by atoms with Crippen molar-refractivity contribution in [3.8, 4) is 5.88 Å². The van der Waals surface area contributed by atoms with Crippen molar-refractivity contribution in [2.45, 2.75) is 83.0 Å². The van der Waals surface area contributed by atoms with E-state index in [-0.39, 0.29) is 18.2 Å². The quantitative estimate of drug-likeness (QED) is 0.647. The van der Waals surface area contributed by atoms with Gasteiger partial charge >= 0.3 is 6.09 Å². The summed E-state index contributed by atoms with van der Waals surface area (Å²) in [5.41, 5.74) is 0.849. The summed E-state index contributed by atoms with van der Waals surface area (Å²) in [6.07, 6.45) is 7.19. The molecule has 4 rings (SSSR count). The number of rotatable bonds is 5. The maximum atomic E-state index is 12.4. The summed E-state index contributed by atoms with van der Waals surface area (Å²) in [6.45, 7) is 6.40. The number of aromatic nitrogens is 2. The second-order valence-electron chi connectivity index (χ2n) is 9.63. The standard InChI is InChI=1S/C23H33N3O4S/c1-23(2,3)30-22(27)26(4)15-7-9-16(10-8-15)29-20-19-18-14(12-28-5)6-11-17(18)31-21(19)25-13-24-20/h13-16H,6-12H2,1-5H3/t14?,15-,16-. The monoisotopic (exact) mass is 447 g/mol. The minimum absolute atomic E-state index is 0.0965. The third kappa shape index (κ3) is 4.80. The van der Waals surface area contributed by atoms with Crippen LogP contribution in [0, 0.1) is 0 Å². The highest BCUT2D eigenvalue weighted by Gasteiger charge is 2.33. The molecule has 7 nitrogen and oxygen atoms in total. The van der Waals surface area contributed by atoms with Crippen molar-refractivity contribution in [3.63, 3.8) is 0 Å². The lowest BCUT2D eigenvalue weighted by atomic mass is 9.92. The summed E-state index contributed by atoms with van der Waals surface area (Å²) in [7, 11) is 3.59. The molecule has 2 aromatic heterocycles. The normalized spacial score (nSPS) is 23.6. The van der Waals surface area contributed by atoms with Crippen LogP contribution < -0.4 is 4.74 Å². The van der Waals surface area contributed by atoms with Gasteiger partial charge in [-0.3, -0.25) is 0 Å². The molecule has 2 heterocycles. The van der Waals surface area contributed by atoms with Crippen LogP contribution in [0.2, 0.25) is 0 Å². The van der Waals surface area contributed by atoms with Crippen molar-refractivity contribution in [1.82, 2.24) is 14.9 Å². The van der Waals surface area contributed by atoms with Crippen LogP contribution in [0.25, 0.3) is 10.2 Å². The lowest BCUT2D eigenvalue weighted by Gasteiger charge is -2.35. The number of nitrogens with zero attached hydrogens (tertiary/aromatic N) is 3. The molecule has 0 radical (unpaired) electrons. The molecule has 0 saturated heterocycles. The van der Waals surface area contributed by atoms with Crippen LogP contribution in [0.5, 0.6) is 5.88 Å². The van der Waals surface area contributed by atoms with Crippen molar-refractivity contribution in [2.24, 2.45) is 0 Å². The fourth-order valence-corrected chi connectivity index (χ4v) is 5.92. The van der Waals surface area contributed by atoms with Gasteiger partial charge in [0.2, 0.25) is 5.88 Å². The van der Waals surface area contributed by atoms with Crippen LogP contribution in [0.1, 0.15) is 69.2 Å². The zero-order valence-electron chi connectivity index (χ0n) is 19.1. The number of fused-ring (bicyclic) bond motifs is 3. The Labute approximate surface area is 188 Å². The average molecular weight is 448 g/mol. The molecule has 0 aliphatic heterocycles. The van der Waals surface area contributed by atoms with Crippen molar-refractivity contribution in [2.75, 3.05) is 20.8 Å². The molecule has 0 spiro atoms. The van der Waals surface area contributed by atoms with Crippen molar-refractivity contribution in [1.29, 1.82) is 0 Å². The third-order valence-electron chi connectivity index (χ3n) is 6.21. The van der Waals surface area contributed by atoms with Gasteiger partial charge in [0, 0.05) is 31.0 Å². The minimum atomic E-state index is -0.481. The Morgan fingerprint density at radius 2 is 1.94 bits per heavy atom. The number of hydrogen-bond donors (Lipinski definition) is 0. The topological polar surface area (TPSA) is 73.8 Å². The van der Waals surface area contributed by atoms with Crippen LogP contribution >= 0.6 is 11.3 Å². The number of aryl methyl sites for hydroxylation is 1. The predicted molar refractivity (Wildman–Crippen MR) is 121 cm³/mol. The van der Waals surface area contributed by atoms with Crippen LogP contribution in [-0.4, -0.2) is 59.5 Å². The van der Waals surface area contributed by atoms with Gasteiger partial charge in [-0.25, -0.2) is 14.8 Å². The smallest absolute Gasteiger partial charge is 0.410 e. The van der Waals surface area contributed by atoms with Gasteiger partial charge in [0.25, 0.3) is 0 Å². The fraction of sp³-hybridized carbons (Fsp3) is 0.696. The summed E-state index contributed by atoms with van der Waals surface area (Å²) in [5.74, 6) is 1.09. The van der Waals surface area contributed by atoms with E-state index in [2.05, 4.69) is 9.97 Å². The molecule has 8 heteroatoms. The third-order valence-corrected chi connectivity index (χ3v) is 7.39. The van der Waals surface area contributed by atoms with E-state index in [1.165, 1.54) is 10.4 Å². The maximum absolute atomic E-state index is 12.4. The highest BCUT2D eigenvalue weighted by Crippen LogP contribution is 2.46. The summed E-state index contributed by atoms with van der Waals surface area (Å²) in [5, 5.41) is 1.08. The summed E-state index contributed by atoms with van der Waals surface area (Å²) < 4.78 is 17.4. The van der Waals surface area contributed by atoms with Gasteiger partial charge < -0.3 is 19.1 Å². The Morgan fingerprint density at radius 1 is 1.19 bits per heavy atom. The largest absolute Gasteiger partial charge is 0.474 e. The van der Waals surface area contributed by atoms with Gasteiger partial charge in [-0.05, 0) is 64.9 Å². The van der Waals surface area contributed by atoms with Gasteiger partial charge in [0.1, 0.15) is 22.9 Å². The van der Waals surface area contributed by atoms with E-state index in [1.807, 2.05) is 27.8 Å². The molecule has 0 bridgehead atoms. The van der Waals surface area contributed by atoms with Crippen LogP contribution in [-0.2, 0) is 15.9 Å². The van der Waals surface area contributed by atoms with E-state index >= 15 is 0 Å². The minimum Gasteiger partial charge on any atom is -0.474 e. The first-order valence-electron chi connectivity index (χ1n) is 11.1. The predicted octanol–water partition coefficient (Wildman–Crippen LogP) is 4.92. The summed E-state index contributed by atoms with van der Waals surface area (Å²) in [4.78, 5) is 25.6. The molecule has 1 unspecified atom stereocenters. The molecule has 1 saturated carbocycles. The van der Waals surface area contributed by atoms with Crippen molar-refractivity contribution >= 4 is 27.6 Å². The van der Waals surface area contributed by atoms with E-state index in [1.54, 1.807) is 29.7 Å². The Morgan fingerprint density at radius 3 is 2.61 bits per heavy atom. The lowest BCUT2D eigenvalue weighted by Crippen LogP contribution is -2.43. The average Bonchev–Trinajstić information content (AvgIpc) is 3.27. The molecular formula is C23H33N3O4S. The van der Waals surface area contributed by atoms with Gasteiger partial charge in [-0.1, -0.05) is 0 Å². The van der Waals surface area contributed by atoms with E-state index in [0.717, 1.165) is 55.3 Å². The molecule has 2 aliphatic rings. The summed E-state index contributed by atoms with van der Waals surface area (Å²) in [6, 6.07) is 0.177. The number of methoxy groups -OCH3 is 1. The zero-order valence-corrected chi connectivity index (χ0v) is 20.0. The Bertz CT molecular complexity index is 931. The van der Waals surface area contributed by atoms with Gasteiger partial charge in [0.15, 0.2) is 0 Å². The molecule has 0 aromatic carbocycles. The molecule has 1 amide bonds. The highest BCUT2D eigenvalue weighted by molar-refractivity contribution is 7.19. The number of hydrogen-bond acceptors (Lipinski definition) is 7. The maximum Gasteiger partial charge on any atom is 0.410 e. The first-order valence-corrected chi connectivity index (χ1v) is 12.0. The van der Waals surface area contributed by atoms with Gasteiger partial charge in [-0.2, -0.15) is 0 Å². The fourth-order valence-electron chi connectivity index (χ4n) is 4.69. The number of thiophene rings is 1. The van der Waals surface area contributed by atoms with Crippen molar-refractivity contribution in [3.05, 3.63) is 16.8 Å². The number of amides is 1. The van der Waals surface area contributed by atoms with Gasteiger partial charge in [0.05, 0.1) is 12.0 Å². The van der Waals surface area contributed by atoms with E-state index in [9.17, 15) is 4.79 Å². The molecule has 0 N–H and O–H groups in total.